The lowest BCUT2D eigenvalue weighted by Gasteiger charge is -2.02. The molecule has 1 aromatic heterocycles. The van der Waals surface area contributed by atoms with E-state index < -0.39 is 10.0 Å². The van der Waals surface area contributed by atoms with E-state index in [-0.39, 0.29) is 16.6 Å². The monoisotopic (exact) mass is 260 g/mol. The summed E-state index contributed by atoms with van der Waals surface area (Å²) in [6.07, 6.45) is 3.21. The SMILES string of the molecule is CCCCC(=O)Nc1nn(C)cc1S(N)(=O)=O. The Morgan fingerprint density at radius 1 is 1.59 bits per heavy atom. The van der Waals surface area contributed by atoms with Crippen molar-refractivity contribution >= 4 is 21.7 Å². The number of aromatic nitrogens is 2. The predicted molar refractivity (Wildman–Crippen MR) is 62.7 cm³/mol. The number of unbranched alkanes of at least 4 members (excludes halogenated alkanes) is 1. The molecule has 1 aromatic rings. The van der Waals surface area contributed by atoms with Crippen LogP contribution in [0.5, 0.6) is 0 Å². The molecule has 0 saturated heterocycles. The number of amides is 1. The van der Waals surface area contributed by atoms with Gasteiger partial charge in [-0.2, -0.15) is 5.10 Å². The second-order valence-corrected chi connectivity index (χ2v) is 5.24. The number of rotatable bonds is 5. The van der Waals surface area contributed by atoms with Gasteiger partial charge in [-0.15, -0.1) is 0 Å². The molecule has 0 aliphatic carbocycles. The summed E-state index contributed by atoms with van der Waals surface area (Å²) in [6, 6.07) is 0. The third-order valence-corrected chi connectivity index (χ3v) is 3.03. The number of carbonyl (C=O) groups excluding carboxylic acids is 1. The molecule has 0 unspecified atom stereocenters. The van der Waals surface area contributed by atoms with Gasteiger partial charge >= 0.3 is 0 Å². The van der Waals surface area contributed by atoms with Gasteiger partial charge in [0.1, 0.15) is 4.90 Å². The summed E-state index contributed by atoms with van der Waals surface area (Å²) in [4.78, 5) is 11.3. The van der Waals surface area contributed by atoms with Gasteiger partial charge in [-0.3, -0.25) is 9.48 Å². The first kappa shape index (κ1) is 13.7. The standard InChI is InChI=1S/C9H16N4O3S/c1-3-4-5-8(14)11-9-7(17(10,15)16)6-13(2)12-9/h6H,3-5H2,1-2H3,(H2,10,15,16)(H,11,12,14). The minimum Gasteiger partial charge on any atom is -0.308 e. The Hall–Kier alpha value is -1.41. The number of aryl methyl sites for hydroxylation is 1. The van der Waals surface area contributed by atoms with Gasteiger partial charge in [0.15, 0.2) is 5.82 Å². The zero-order chi connectivity index (χ0) is 13.1. The topological polar surface area (TPSA) is 107 Å². The van der Waals surface area contributed by atoms with Crippen molar-refractivity contribution in [3.8, 4) is 0 Å². The normalized spacial score (nSPS) is 11.5. The first-order chi connectivity index (χ1) is 7.84. The van der Waals surface area contributed by atoms with Crippen LogP contribution < -0.4 is 10.5 Å². The average molecular weight is 260 g/mol. The Bertz CT molecular complexity index is 506. The van der Waals surface area contributed by atoms with E-state index in [1.807, 2.05) is 6.92 Å². The minimum absolute atomic E-state index is 0.0175. The molecule has 0 aromatic carbocycles. The van der Waals surface area contributed by atoms with Gasteiger partial charge < -0.3 is 5.32 Å². The predicted octanol–water partition coefficient (Wildman–Crippen LogP) is 0.196. The summed E-state index contributed by atoms with van der Waals surface area (Å²) < 4.78 is 23.8. The number of nitrogens with one attached hydrogen (secondary N) is 1. The molecule has 0 saturated carbocycles. The maximum Gasteiger partial charge on any atom is 0.243 e. The molecule has 7 nitrogen and oxygen atoms in total. The van der Waals surface area contributed by atoms with Crippen molar-refractivity contribution in [1.29, 1.82) is 0 Å². The van der Waals surface area contributed by atoms with Crippen LogP contribution in [-0.2, 0) is 21.9 Å². The fourth-order valence-electron chi connectivity index (χ4n) is 1.29. The summed E-state index contributed by atoms with van der Waals surface area (Å²) in [5.41, 5.74) is 0. The molecule has 1 heterocycles. The van der Waals surface area contributed by atoms with E-state index >= 15 is 0 Å². The second-order valence-electron chi connectivity index (χ2n) is 3.71. The smallest absolute Gasteiger partial charge is 0.243 e. The van der Waals surface area contributed by atoms with Gasteiger partial charge in [-0.25, -0.2) is 13.6 Å². The van der Waals surface area contributed by atoms with Crippen molar-refractivity contribution in [3.05, 3.63) is 6.20 Å². The van der Waals surface area contributed by atoms with Gasteiger partial charge in [-0.1, -0.05) is 13.3 Å². The highest BCUT2D eigenvalue weighted by molar-refractivity contribution is 7.89. The van der Waals surface area contributed by atoms with Gasteiger partial charge in [0, 0.05) is 19.7 Å². The number of hydrogen-bond acceptors (Lipinski definition) is 4. The lowest BCUT2D eigenvalue weighted by molar-refractivity contribution is -0.116. The zero-order valence-electron chi connectivity index (χ0n) is 9.80. The molecular weight excluding hydrogens is 244 g/mol. The Morgan fingerprint density at radius 2 is 2.24 bits per heavy atom. The quantitative estimate of drug-likeness (QED) is 0.788. The highest BCUT2D eigenvalue weighted by Gasteiger charge is 2.19. The molecule has 1 amide bonds. The summed E-state index contributed by atoms with van der Waals surface area (Å²) >= 11 is 0. The van der Waals surface area contributed by atoms with Crippen LogP contribution in [0.1, 0.15) is 26.2 Å². The van der Waals surface area contributed by atoms with Crippen LogP contribution in [0.4, 0.5) is 5.82 Å². The Morgan fingerprint density at radius 3 is 2.76 bits per heavy atom. The average Bonchev–Trinajstić information content (AvgIpc) is 2.56. The molecule has 1 rings (SSSR count). The van der Waals surface area contributed by atoms with E-state index in [9.17, 15) is 13.2 Å². The van der Waals surface area contributed by atoms with E-state index in [1.54, 1.807) is 7.05 Å². The summed E-state index contributed by atoms with van der Waals surface area (Å²) in [6.45, 7) is 1.96. The minimum atomic E-state index is -3.88. The van der Waals surface area contributed by atoms with E-state index in [0.717, 1.165) is 12.8 Å². The molecular formula is C9H16N4O3S. The fourth-order valence-corrected chi connectivity index (χ4v) is 1.95. The van der Waals surface area contributed by atoms with Crippen LogP contribution in [0.3, 0.4) is 0 Å². The highest BCUT2D eigenvalue weighted by atomic mass is 32.2. The molecule has 17 heavy (non-hydrogen) atoms. The molecule has 0 aliphatic rings. The van der Waals surface area contributed by atoms with Crippen LogP contribution in [-0.4, -0.2) is 24.1 Å². The van der Waals surface area contributed by atoms with Crippen molar-refractivity contribution in [2.45, 2.75) is 31.1 Å². The molecule has 0 bridgehead atoms. The molecule has 96 valence electrons. The lowest BCUT2D eigenvalue weighted by Crippen LogP contribution is -2.17. The van der Waals surface area contributed by atoms with Gasteiger partial charge in [0.2, 0.25) is 15.9 Å². The number of carbonyl (C=O) groups is 1. The largest absolute Gasteiger partial charge is 0.308 e. The molecule has 8 heteroatoms. The first-order valence-corrected chi connectivity index (χ1v) is 6.75. The van der Waals surface area contributed by atoms with Crippen molar-refractivity contribution < 1.29 is 13.2 Å². The Labute approximate surface area is 100 Å². The van der Waals surface area contributed by atoms with Crippen LogP contribution >= 0.6 is 0 Å². The van der Waals surface area contributed by atoms with Gasteiger partial charge in [0.25, 0.3) is 0 Å². The van der Waals surface area contributed by atoms with Crippen molar-refractivity contribution in [3.63, 3.8) is 0 Å². The maximum atomic E-state index is 11.5. The molecule has 0 fully saturated rings. The number of nitrogens with two attached hydrogens (primary N) is 1. The summed E-state index contributed by atoms with van der Waals surface area (Å²) in [5, 5.41) is 11.3. The zero-order valence-corrected chi connectivity index (χ0v) is 10.6. The first-order valence-electron chi connectivity index (χ1n) is 5.21. The van der Waals surface area contributed by atoms with Crippen LogP contribution in [0, 0.1) is 0 Å². The fraction of sp³-hybridized carbons (Fsp3) is 0.556. The summed E-state index contributed by atoms with van der Waals surface area (Å²) in [5.74, 6) is -0.286. The number of primary sulfonamides is 1. The molecule has 0 radical (unpaired) electrons. The second kappa shape index (κ2) is 5.28. The van der Waals surface area contributed by atoms with Crippen molar-refractivity contribution in [2.24, 2.45) is 12.2 Å². The van der Waals surface area contributed by atoms with Crippen molar-refractivity contribution in [1.82, 2.24) is 9.78 Å². The number of anilines is 1. The van der Waals surface area contributed by atoms with E-state index in [4.69, 9.17) is 5.14 Å². The van der Waals surface area contributed by atoms with Gasteiger partial charge in [-0.05, 0) is 6.42 Å². The van der Waals surface area contributed by atoms with Crippen molar-refractivity contribution in [2.75, 3.05) is 5.32 Å². The van der Waals surface area contributed by atoms with E-state index in [2.05, 4.69) is 10.4 Å². The molecule has 0 atom stereocenters. The Kier molecular flexibility index (Phi) is 4.24. The number of nitrogens with zero attached hydrogens (tertiary/aromatic N) is 2. The third kappa shape index (κ3) is 3.82. The molecule has 3 N–H and O–H groups in total. The highest BCUT2D eigenvalue weighted by Crippen LogP contribution is 2.17. The van der Waals surface area contributed by atoms with Crippen LogP contribution in [0.2, 0.25) is 0 Å². The number of sulfonamides is 1. The number of hydrogen-bond donors (Lipinski definition) is 2. The van der Waals surface area contributed by atoms with E-state index in [0.29, 0.717) is 6.42 Å². The van der Waals surface area contributed by atoms with Crippen LogP contribution in [0.15, 0.2) is 11.1 Å². The third-order valence-electron chi connectivity index (χ3n) is 2.12. The van der Waals surface area contributed by atoms with E-state index in [1.165, 1.54) is 10.9 Å². The van der Waals surface area contributed by atoms with Gasteiger partial charge in [0.05, 0.1) is 0 Å². The summed E-state index contributed by atoms with van der Waals surface area (Å²) in [7, 11) is -2.32. The van der Waals surface area contributed by atoms with Crippen LogP contribution in [0.25, 0.3) is 0 Å². The molecule has 0 aliphatic heterocycles. The lowest BCUT2D eigenvalue weighted by atomic mass is 10.2. The maximum absolute atomic E-state index is 11.5. The molecule has 0 spiro atoms. The Balaban J connectivity index is 2.88.